The number of H-pyrrole nitrogens is 2. The second-order valence-corrected chi connectivity index (χ2v) is 10.7. The molecule has 6 rings (SSSR count). The van der Waals surface area contributed by atoms with Crippen LogP contribution >= 0.6 is 0 Å². The molecule has 1 saturated heterocycles. The van der Waals surface area contributed by atoms with Crippen LogP contribution in [-0.4, -0.2) is 49.1 Å². The Kier molecular flexibility index (Phi) is 5.62. The van der Waals surface area contributed by atoms with Crippen LogP contribution in [0.4, 0.5) is 11.4 Å². The minimum atomic E-state index is -0.498. The molecule has 0 atom stereocenters. The third-order valence-corrected chi connectivity index (χ3v) is 6.86. The van der Waals surface area contributed by atoms with Crippen molar-refractivity contribution in [2.24, 2.45) is 5.41 Å². The van der Waals surface area contributed by atoms with Gasteiger partial charge in [0.15, 0.2) is 0 Å². The monoisotopic (exact) mass is 494 g/mol. The molecule has 9 heteroatoms. The topological polar surface area (TPSA) is 115 Å². The summed E-state index contributed by atoms with van der Waals surface area (Å²) in [6, 6.07) is 7.94. The number of anilines is 2. The number of pyridine rings is 3. The van der Waals surface area contributed by atoms with Crippen molar-refractivity contribution in [3.05, 3.63) is 49.1 Å². The van der Waals surface area contributed by atoms with Crippen molar-refractivity contribution in [3.63, 3.8) is 0 Å². The fourth-order valence-electron chi connectivity index (χ4n) is 4.77. The van der Waals surface area contributed by atoms with E-state index in [2.05, 4.69) is 41.4 Å². The van der Waals surface area contributed by atoms with E-state index >= 15 is 0 Å². The molecule has 0 radical (unpaired) electrons. The first-order valence-electron chi connectivity index (χ1n) is 12.7. The molecule has 0 bridgehead atoms. The van der Waals surface area contributed by atoms with Crippen LogP contribution in [0.1, 0.15) is 40.0 Å². The van der Waals surface area contributed by atoms with Gasteiger partial charge in [-0.1, -0.05) is 20.8 Å². The van der Waals surface area contributed by atoms with E-state index in [-0.39, 0.29) is 5.91 Å². The van der Waals surface area contributed by atoms with E-state index in [4.69, 9.17) is 4.98 Å². The molecule has 188 valence electrons. The molecule has 9 nitrogen and oxygen atoms in total. The molecule has 0 unspecified atom stereocenters. The zero-order valence-electron chi connectivity index (χ0n) is 21.3. The first-order chi connectivity index (χ1) is 17.9. The molecule has 37 heavy (non-hydrogen) atoms. The second kappa shape index (κ2) is 8.99. The van der Waals surface area contributed by atoms with Crippen LogP contribution < -0.4 is 10.2 Å². The smallest absolute Gasteiger partial charge is 0.229 e. The summed E-state index contributed by atoms with van der Waals surface area (Å²) < 4.78 is 0. The highest BCUT2D eigenvalue weighted by atomic mass is 16.2. The van der Waals surface area contributed by atoms with Crippen LogP contribution in [0.15, 0.2) is 49.1 Å². The fourth-order valence-corrected chi connectivity index (χ4v) is 4.77. The van der Waals surface area contributed by atoms with Crippen molar-refractivity contribution in [3.8, 4) is 22.6 Å². The number of nitrogens with zero attached hydrogens (tertiary/aromatic N) is 5. The average molecular weight is 495 g/mol. The summed E-state index contributed by atoms with van der Waals surface area (Å²) >= 11 is 0. The van der Waals surface area contributed by atoms with Crippen molar-refractivity contribution >= 4 is 39.2 Å². The zero-order chi connectivity index (χ0) is 25.6. The van der Waals surface area contributed by atoms with Crippen molar-refractivity contribution in [1.29, 1.82) is 0 Å². The number of hydrogen-bond donors (Lipinski definition) is 3. The molecule has 1 amide bonds. The summed E-state index contributed by atoms with van der Waals surface area (Å²) in [5.74, 6) is -0.0656. The number of hydrogen-bond acceptors (Lipinski definition) is 6. The predicted octanol–water partition coefficient (Wildman–Crippen LogP) is 5.54. The maximum atomic E-state index is 12.4. The molecule has 0 aliphatic carbocycles. The molecule has 1 fully saturated rings. The van der Waals surface area contributed by atoms with Gasteiger partial charge in [-0.05, 0) is 43.5 Å². The molecule has 1 aliphatic rings. The van der Waals surface area contributed by atoms with Gasteiger partial charge in [0.2, 0.25) is 5.91 Å². The van der Waals surface area contributed by atoms with E-state index in [0.717, 1.165) is 63.4 Å². The average Bonchev–Trinajstić information content (AvgIpc) is 3.52. The Hall–Kier alpha value is -4.27. The molecule has 6 heterocycles. The Balaban J connectivity index is 1.37. The van der Waals surface area contributed by atoms with Gasteiger partial charge in [-0.2, -0.15) is 5.10 Å². The zero-order valence-corrected chi connectivity index (χ0v) is 21.3. The minimum Gasteiger partial charge on any atom is -0.370 e. The van der Waals surface area contributed by atoms with Gasteiger partial charge in [0.1, 0.15) is 11.2 Å². The summed E-state index contributed by atoms with van der Waals surface area (Å²) in [7, 11) is 0. The first-order valence-corrected chi connectivity index (χ1v) is 12.7. The minimum absolute atomic E-state index is 0.0656. The van der Waals surface area contributed by atoms with Gasteiger partial charge in [-0.25, -0.2) is 4.98 Å². The van der Waals surface area contributed by atoms with E-state index in [0.29, 0.717) is 5.69 Å². The molecular weight excluding hydrogens is 464 g/mol. The lowest BCUT2D eigenvalue weighted by Crippen LogP contribution is -2.29. The normalized spacial score (nSPS) is 14.4. The molecule has 0 aromatic carbocycles. The molecule has 1 aliphatic heterocycles. The van der Waals surface area contributed by atoms with E-state index in [9.17, 15) is 4.79 Å². The number of nitrogens with one attached hydrogen (secondary N) is 3. The third-order valence-electron chi connectivity index (χ3n) is 6.86. The Morgan fingerprint density at radius 2 is 1.78 bits per heavy atom. The van der Waals surface area contributed by atoms with Crippen LogP contribution in [0, 0.1) is 5.41 Å². The fraction of sp³-hybridized carbons (Fsp3) is 0.321. The lowest BCUT2D eigenvalue weighted by Gasteiger charge is -2.28. The van der Waals surface area contributed by atoms with Gasteiger partial charge in [0.05, 0.1) is 52.4 Å². The number of piperidine rings is 1. The highest BCUT2D eigenvalue weighted by Gasteiger charge is 2.22. The lowest BCUT2D eigenvalue weighted by molar-refractivity contribution is -0.123. The Labute approximate surface area is 214 Å². The van der Waals surface area contributed by atoms with Gasteiger partial charge < -0.3 is 15.2 Å². The van der Waals surface area contributed by atoms with Crippen LogP contribution in [0.2, 0.25) is 0 Å². The van der Waals surface area contributed by atoms with Gasteiger partial charge in [-0.3, -0.25) is 19.9 Å². The number of fused-ring (bicyclic) bond motifs is 2. The third kappa shape index (κ3) is 4.41. The van der Waals surface area contributed by atoms with Crippen molar-refractivity contribution in [2.75, 3.05) is 23.3 Å². The Morgan fingerprint density at radius 3 is 2.59 bits per heavy atom. The molecule has 5 aromatic heterocycles. The molecular formula is C28H30N8O. The summed E-state index contributed by atoms with van der Waals surface area (Å²) in [6.45, 7) is 7.75. The summed E-state index contributed by atoms with van der Waals surface area (Å²) in [4.78, 5) is 32.1. The van der Waals surface area contributed by atoms with E-state index in [1.807, 2.05) is 51.4 Å². The lowest BCUT2D eigenvalue weighted by atomic mass is 9.95. The molecule has 5 aromatic rings. The molecule has 3 N–H and O–H groups in total. The maximum Gasteiger partial charge on any atom is 0.229 e. The standard InChI is InChI=1S/C28H30N8O/c1-28(2,3)27(37)31-18-11-17(13-29-14-18)20-7-8-21-25(33-20)26(35-34-21)22-12-19-23(32-22)15-30-16-24(19)36-9-5-4-6-10-36/h7-8,11-16,32H,4-6,9-10H2,1-3H3,(H,31,37)(H,34,35). The maximum absolute atomic E-state index is 12.4. The number of carbonyl (C=O) groups is 1. The first kappa shape index (κ1) is 23.1. The SMILES string of the molecule is CC(C)(C)C(=O)Nc1cncc(-c2ccc3[nH]nc(-c4cc5c(N6CCCCC6)cncc5[nH]4)c3n2)c1. The Morgan fingerprint density at radius 1 is 0.973 bits per heavy atom. The van der Waals surface area contributed by atoms with E-state index in [1.54, 1.807) is 12.4 Å². The van der Waals surface area contributed by atoms with Crippen molar-refractivity contribution in [2.45, 2.75) is 40.0 Å². The molecule has 0 saturated carbocycles. The van der Waals surface area contributed by atoms with Gasteiger partial charge >= 0.3 is 0 Å². The van der Waals surface area contributed by atoms with Crippen molar-refractivity contribution in [1.82, 2.24) is 30.1 Å². The highest BCUT2D eigenvalue weighted by molar-refractivity contribution is 5.99. The largest absolute Gasteiger partial charge is 0.370 e. The molecule has 0 spiro atoms. The summed E-state index contributed by atoms with van der Waals surface area (Å²) in [5, 5.41) is 11.8. The van der Waals surface area contributed by atoms with Gasteiger partial charge in [0.25, 0.3) is 0 Å². The second-order valence-electron chi connectivity index (χ2n) is 10.7. The summed E-state index contributed by atoms with van der Waals surface area (Å²) in [6.07, 6.45) is 10.9. The number of aromatic amines is 2. The number of rotatable bonds is 4. The van der Waals surface area contributed by atoms with Crippen LogP contribution in [0.25, 0.3) is 44.6 Å². The quantitative estimate of drug-likeness (QED) is 0.302. The van der Waals surface area contributed by atoms with Gasteiger partial charge in [0, 0.05) is 35.7 Å². The predicted molar refractivity (Wildman–Crippen MR) is 146 cm³/mol. The van der Waals surface area contributed by atoms with Crippen molar-refractivity contribution < 1.29 is 4.79 Å². The van der Waals surface area contributed by atoms with E-state index in [1.165, 1.54) is 19.3 Å². The number of aromatic nitrogens is 6. The van der Waals surface area contributed by atoms with E-state index < -0.39 is 5.41 Å². The van der Waals surface area contributed by atoms with Crippen LogP contribution in [0.5, 0.6) is 0 Å². The van der Waals surface area contributed by atoms with Crippen LogP contribution in [0.3, 0.4) is 0 Å². The number of carbonyl (C=O) groups excluding carboxylic acids is 1. The highest BCUT2D eigenvalue weighted by Crippen LogP contribution is 2.34. The van der Waals surface area contributed by atoms with Crippen LogP contribution in [-0.2, 0) is 4.79 Å². The Bertz CT molecular complexity index is 1600. The summed E-state index contributed by atoms with van der Waals surface area (Å²) in [5.41, 5.74) is 7.10. The van der Waals surface area contributed by atoms with Gasteiger partial charge in [-0.15, -0.1) is 0 Å². The number of amides is 1.